The van der Waals surface area contributed by atoms with E-state index in [-0.39, 0.29) is 42.5 Å². The highest BCUT2D eigenvalue weighted by atomic mass is 16.6. The molecule has 10 nitrogen and oxygen atoms in total. The van der Waals surface area contributed by atoms with E-state index < -0.39 is 41.9 Å². The number of oxazole rings is 1. The molecule has 1 aromatic heterocycles. The van der Waals surface area contributed by atoms with Gasteiger partial charge in [-0.15, -0.1) is 0 Å². The minimum atomic E-state index is -0.960. The Morgan fingerprint density at radius 1 is 1.14 bits per heavy atom. The molecule has 3 saturated heterocycles. The minimum absolute atomic E-state index is 0.0290. The van der Waals surface area contributed by atoms with E-state index in [0.29, 0.717) is 30.7 Å². The predicted octanol–water partition coefficient (Wildman–Crippen LogP) is 4.39. The van der Waals surface area contributed by atoms with E-state index in [1.54, 1.807) is 20.1 Å². The number of ether oxygens (including phenoxy) is 4. The normalized spacial score (nSPS) is 38.6. The van der Waals surface area contributed by atoms with Gasteiger partial charge in [0.15, 0.2) is 12.0 Å². The first-order valence-corrected chi connectivity index (χ1v) is 15.6. The van der Waals surface area contributed by atoms with Crippen LogP contribution in [0.25, 0.3) is 6.08 Å². The molecule has 0 saturated carbocycles. The van der Waals surface area contributed by atoms with Crippen LogP contribution in [0.4, 0.5) is 0 Å². The maximum absolute atomic E-state index is 13.2. The second-order valence-electron chi connectivity index (χ2n) is 13.1. The summed E-state index contributed by atoms with van der Waals surface area (Å²) in [6, 6.07) is 0. The van der Waals surface area contributed by atoms with Crippen LogP contribution in [0.15, 0.2) is 52.2 Å². The Morgan fingerprint density at radius 2 is 1.89 bits per heavy atom. The van der Waals surface area contributed by atoms with Gasteiger partial charge in [0.05, 0.1) is 18.3 Å². The molecule has 44 heavy (non-hydrogen) atoms. The number of cyclic esters (lactones) is 1. The van der Waals surface area contributed by atoms with Crippen molar-refractivity contribution < 1.29 is 43.2 Å². The number of nitrogens with zero attached hydrogens (tertiary/aromatic N) is 1. The lowest BCUT2D eigenvalue weighted by atomic mass is 9.84. The minimum Gasteiger partial charge on any atom is -0.462 e. The van der Waals surface area contributed by atoms with E-state index in [9.17, 15) is 19.8 Å². The number of carbonyl (C=O) groups is 2. The van der Waals surface area contributed by atoms with Crippen LogP contribution in [0.3, 0.4) is 0 Å². The lowest BCUT2D eigenvalue weighted by Gasteiger charge is -2.32. The summed E-state index contributed by atoms with van der Waals surface area (Å²) in [5.41, 5.74) is 1.49. The van der Waals surface area contributed by atoms with Gasteiger partial charge in [0.1, 0.15) is 35.9 Å². The number of rotatable bonds is 6. The van der Waals surface area contributed by atoms with Crippen molar-refractivity contribution in [3.05, 3.63) is 59.4 Å². The summed E-state index contributed by atoms with van der Waals surface area (Å²) >= 11 is 0. The molecule has 240 valence electrons. The molecule has 4 aliphatic heterocycles. The Hall–Kier alpha value is -3.05. The van der Waals surface area contributed by atoms with E-state index >= 15 is 0 Å². The smallest absolute Gasteiger partial charge is 0.338 e. The summed E-state index contributed by atoms with van der Waals surface area (Å²) in [4.78, 5) is 29.9. The molecular weight excluding hydrogens is 566 g/mol. The second kappa shape index (κ2) is 13.1. The van der Waals surface area contributed by atoms with E-state index in [1.807, 2.05) is 64.2 Å². The Balaban J connectivity index is 1.30. The molecule has 2 bridgehead atoms. The molecular formula is C34H45NO9. The summed E-state index contributed by atoms with van der Waals surface area (Å²) < 4.78 is 28.5. The number of aromatic nitrogens is 1. The standard InChI is InChI=1S/C34H45NO9/c1-18(12-24-17-40-22(5)35-24)8-7-9-20(3)31(38)21(4)26-16-28(36)34(6)29(44-34)11-10-19(2)25-13-23(15-30(37)41-25)14-27-32(42-27)33(39)43-26/h7-12,17,19,21,23,25-29,31-32,36,38H,13-16H2,1-6H3/b8-7+,11-10-,18-12+,20-9-. The molecule has 4 aliphatic rings. The highest BCUT2D eigenvalue weighted by Gasteiger charge is 2.57. The van der Waals surface area contributed by atoms with Crippen LogP contribution in [0.5, 0.6) is 0 Å². The van der Waals surface area contributed by atoms with Gasteiger partial charge in [0.2, 0.25) is 0 Å². The van der Waals surface area contributed by atoms with Crippen molar-refractivity contribution in [2.24, 2.45) is 17.8 Å². The van der Waals surface area contributed by atoms with E-state index in [0.717, 1.165) is 11.3 Å². The van der Waals surface area contributed by atoms with Crippen LogP contribution < -0.4 is 0 Å². The van der Waals surface area contributed by atoms with Gasteiger partial charge in [-0.25, -0.2) is 9.78 Å². The average Bonchev–Trinajstić information content (AvgIpc) is 3.84. The molecule has 1 aromatic rings. The Labute approximate surface area is 258 Å². The summed E-state index contributed by atoms with van der Waals surface area (Å²) in [5.74, 6) is -0.684. The first kappa shape index (κ1) is 32.3. The zero-order valence-corrected chi connectivity index (χ0v) is 26.3. The third-order valence-electron chi connectivity index (χ3n) is 9.42. The second-order valence-corrected chi connectivity index (χ2v) is 13.1. The SMILES string of the molecule is C/C(=C/C=C/C(C)=C/c1coc(C)n1)C(O)C(C)C1CC(O)C2(C)OC2/C=C\C(C)C2CC(CC(=O)O2)CC2OC2C(=O)O1. The molecule has 2 N–H and O–H groups in total. The molecule has 0 amide bonds. The number of aryl methyl sites for hydroxylation is 1. The largest absolute Gasteiger partial charge is 0.462 e. The van der Waals surface area contributed by atoms with Crippen molar-refractivity contribution in [1.82, 2.24) is 4.98 Å². The highest BCUT2D eigenvalue weighted by Crippen LogP contribution is 2.44. The summed E-state index contributed by atoms with van der Waals surface area (Å²) in [6.45, 7) is 11.2. The number of epoxide rings is 2. The van der Waals surface area contributed by atoms with Crippen molar-refractivity contribution in [3.63, 3.8) is 0 Å². The lowest BCUT2D eigenvalue weighted by Crippen LogP contribution is -2.41. The quantitative estimate of drug-likeness (QED) is 0.206. The Bertz CT molecular complexity index is 1340. The number of hydrogen-bond acceptors (Lipinski definition) is 10. The van der Waals surface area contributed by atoms with Crippen LogP contribution in [-0.2, 0) is 28.5 Å². The molecule has 0 aromatic carbocycles. The van der Waals surface area contributed by atoms with Crippen LogP contribution >= 0.6 is 0 Å². The molecule has 11 unspecified atom stereocenters. The van der Waals surface area contributed by atoms with Crippen LogP contribution in [0, 0.1) is 24.7 Å². The fraction of sp³-hybridized carbons (Fsp3) is 0.618. The molecule has 11 atom stereocenters. The van der Waals surface area contributed by atoms with Gasteiger partial charge < -0.3 is 33.6 Å². The van der Waals surface area contributed by atoms with Gasteiger partial charge in [-0.1, -0.05) is 44.2 Å². The number of esters is 2. The molecule has 3 fully saturated rings. The maximum atomic E-state index is 13.2. The zero-order chi connectivity index (χ0) is 31.8. The van der Waals surface area contributed by atoms with Crippen molar-refractivity contribution in [2.45, 2.75) is 116 Å². The first-order valence-electron chi connectivity index (χ1n) is 15.6. The van der Waals surface area contributed by atoms with Crippen LogP contribution in [0.1, 0.15) is 71.9 Å². The van der Waals surface area contributed by atoms with Crippen molar-refractivity contribution in [2.75, 3.05) is 0 Å². The highest BCUT2D eigenvalue weighted by molar-refractivity contribution is 5.78. The number of aliphatic hydroxyl groups excluding tert-OH is 2. The van der Waals surface area contributed by atoms with Crippen molar-refractivity contribution >= 4 is 18.0 Å². The third kappa shape index (κ3) is 7.59. The first-order chi connectivity index (χ1) is 20.8. The van der Waals surface area contributed by atoms with Gasteiger partial charge in [-0.2, -0.15) is 0 Å². The maximum Gasteiger partial charge on any atom is 0.338 e. The molecule has 0 spiro atoms. The van der Waals surface area contributed by atoms with Gasteiger partial charge in [0.25, 0.3) is 0 Å². The topological polar surface area (TPSA) is 144 Å². The molecule has 5 rings (SSSR count). The van der Waals surface area contributed by atoms with Crippen molar-refractivity contribution in [1.29, 1.82) is 0 Å². The third-order valence-corrected chi connectivity index (χ3v) is 9.42. The monoisotopic (exact) mass is 611 g/mol. The molecule has 0 aliphatic carbocycles. The summed E-state index contributed by atoms with van der Waals surface area (Å²) in [6.07, 6.45) is 10.2. The fourth-order valence-electron chi connectivity index (χ4n) is 6.25. The summed E-state index contributed by atoms with van der Waals surface area (Å²) in [5, 5.41) is 22.6. The van der Waals surface area contributed by atoms with E-state index in [1.165, 1.54) is 0 Å². The molecule has 5 heterocycles. The van der Waals surface area contributed by atoms with Gasteiger partial charge in [-0.05, 0) is 56.8 Å². The van der Waals surface area contributed by atoms with Crippen molar-refractivity contribution in [3.8, 4) is 0 Å². The van der Waals surface area contributed by atoms with Gasteiger partial charge in [-0.3, -0.25) is 4.79 Å². The average molecular weight is 612 g/mol. The number of allylic oxidation sites excluding steroid dienone is 4. The predicted molar refractivity (Wildman–Crippen MR) is 161 cm³/mol. The van der Waals surface area contributed by atoms with Gasteiger partial charge in [0, 0.05) is 31.6 Å². The van der Waals surface area contributed by atoms with Crippen LogP contribution in [0.2, 0.25) is 0 Å². The van der Waals surface area contributed by atoms with E-state index in [2.05, 4.69) is 4.98 Å². The van der Waals surface area contributed by atoms with E-state index in [4.69, 9.17) is 23.4 Å². The number of aliphatic hydroxyl groups is 2. The number of fused-ring (bicyclic) bond motifs is 4. The Morgan fingerprint density at radius 3 is 2.61 bits per heavy atom. The Kier molecular flexibility index (Phi) is 9.65. The van der Waals surface area contributed by atoms with Gasteiger partial charge >= 0.3 is 11.9 Å². The number of hydrogen-bond donors (Lipinski definition) is 2. The molecule has 0 radical (unpaired) electrons. The lowest BCUT2D eigenvalue weighted by molar-refractivity contribution is -0.159. The molecule has 10 heteroatoms. The van der Waals surface area contributed by atoms with Crippen LogP contribution in [-0.4, -0.2) is 75.5 Å². The summed E-state index contributed by atoms with van der Waals surface area (Å²) in [7, 11) is 0. The zero-order valence-electron chi connectivity index (χ0n) is 26.3. The fourth-order valence-corrected chi connectivity index (χ4v) is 6.25. The number of carbonyl (C=O) groups excluding carboxylic acids is 2.